The van der Waals surface area contributed by atoms with Crippen LogP contribution >= 0.6 is 11.6 Å². The van der Waals surface area contributed by atoms with Gasteiger partial charge in [0.2, 0.25) is 0 Å². The molecule has 0 spiro atoms. The second-order valence-electron chi connectivity index (χ2n) is 4.10. The molecule has 1 rings (SSSR count). The van der Waals surface area contributed by atoms with Crippen molar-refractivity contribution in [2.24, 2.45) is 0 Å². The van der Waals surface area contributed by atoms with Crippen molar-refractivity contribution in [3.05, 3.63) is 17.0 Å². The number of methoxy groups -OCH3 is 1. The largest absolute Gasteiger partial charge is 0.383 e. The van der Waals surface area contributed by atoms with Gasteiger partial charge in [-0.2, -0.15) is 0 Å². The van der Waals surface area contributed by atoms with Crippen LogP contribution in [0.15, 0.2) is 6.07 Å². The first kappa shape index (κ1) is 14.2. The lowest BCUT2D eigenvalue weighted by Gasteiger charge is -2.27. The summed E-state index contributed by atoms with van der Waals surface area (Å²) < 4.78 is 5.11. The average Bonchev–Trinajstić information content (AvgIpc) is 2.28. The summed E-state index contributed by atoms with van der Waals surface area (Å²) in [5.74, 6) is 1.64. The molecule has 0 aliphatic rings. The maximum absolute atomic E-state index is 6.00. The predicted molar refractivity (Wildman–Crippen MR) is 70.8 cm³/mol. The topological polar surface area (TPSA) is 38.2 Å². The first-order valence-corrected chi connectivity index (χ1v) is 6.25. The molecule has 5 heteroatoms. The minimum atomic E-state index is 0.348. The third-order valence-electron chi connectivity index (χ3n) is 2.50. The molecule has 0 unspecified atom stereocenters. The summed E-state index contributed by atoms with van der Waals surface area (Å²) in [4.78, 5) is 10.8. The van der Waals surface area contributed by atoms with E-state index < -0.39 is 0 Å². The fraction of sp³-hybridized carbons (Fsp3) is 0.667. The van der Waals surface area contributed by atoms with Crippen LogP contribution in [0.2, 0.25) is 5.15 Å². The van der Waals surface area contributed by atoms with Gasteiger partial charge in [-0.1, -0.05) is 18.5 Å². The van der Waals surface area contributed by atoms with E-state index >= 15 is 0 Å². The molecule has 0 radical (unpaired) electrons. The van der Waals surface area contributed by atoms with Crippen LogP contribution in [-0.2, 0) is 11.2 Å². The van der Waals surface area contributed by atoms with Crippen molar-refractivity contribution in [3.8, 4) is 0 Å². The minimum absolute atomic E-state index is 0.348. The highest BCUT2D eigenvalue weighted by Crippen LogP contribution is 2.18. The number of aryl methyl sites for hydroxylation is 1. The Morgan fingerprint density at radius 3 is 2.65 bits per heavy atom. The molecule has 17 heavy (non-hydrogen) atoms. The van der Waals surface area contributed by atoms with Crippen LogP contribution in [0.25, 0.3) is 0 Å². The van der Waals surface area contributed by atoms with Gasteiger partial charge in [0.15, 0.2) is 0 Å². The molecule has 0 aliphatic carbocycles. The quantitative estimate of drug-likeness (QED) is 0.734. The van der Waals surface area contributed by atoms with Gasteiger partial charge in [0.1, 0.15) is 16.8 Å². The van der Waals surface area contributed by atoms with Gasteiger partial charge in [-0.05, 0) is 13.8 Å². The monoisotopic (exact) mass is 257 g/mol. The van der Waals surface area contributed by atoms with Crippen LogP contribution in [0, 0.1) is 0 Å². The van der Waals surface area contributed by atoms with Gasteiger partial charge >= 0.3 is 0 Å². The fourth-order valence-corrected chi connectivity index (χ4v) is 1.78. The van der Waals surface area contributed by atoms with E-state index in [0.717, 1.165) is 24.6 Å². The minimum Gasteiger partial charge on any atom is -0.383 e. The van der Waals surface area contributed by atoms with Gasteiger partial charge < -0.3 is 9.64 Å². The van der Waals surface area contributed by atoms with E-state index in [0.29, 0.717) is 17.8 Å². The Hall–Kier alpha value is -0.870. The summed E-state index contributed by atoms with van der Waals surface area (Å²) in [6.07, 6.45) is 0.782. The number of hydrogen-bond donors (Lipinski definition) is 0. The third-order valence-corrected chi connectivity index (χ3v) is 2.69. The predicted octanol–water partition coefficient (Wildman–Crippen LogP) is 2.55. The molecule has 4 nitrogen and oxygen atoms in total. The molecular formula is C12H20ClN3O. The van der Waals surface area contributed by atoms with Crippen LogP contribution < -0.4 is 4.90 Å². The summed E-state index contributed by atoms with van der Waals surface area (Å²) in [5.41, 5.74) is 0. The molecule has 0 bridgehead atoms. The van der Waals surface area contributed by atoms with Crippen LogP contribution in [-0.4, -0.2) is 36.3 Å². The van der Waals surface area contributed by atoms with Gasteiger partial charge in [0.05, 0.1) is 6.61 Å². The van der Waals surface area contributed by atoms with Crippen LogP contribution in [0.3, 0.4) is 0 Å². The standard InChI is InChI=1S/C12H20ClN3O/c1-5-11-14-10(13)8-12(15-11)16(9(2)3)6-7-17-4/h8-9H,5-7H2,1-4H3. The first-order chi connectivity index (χ1) is 8.08. The van der Waals surface area contributed by atoms with Crippen molar-refractivity contribution in [2.45, 2.75) is 33.2 Å². The normalized spacial score (nSPS) is 10.9. The zero-order valence-corrected chi connectivity index (χ0v) is 11.7. The second-order valence-corrected chi connectivity index (χ2v) is 4.49. The molecule has 0 saturated heterocycles. The van der Waals surface area contributed by atoms with Crippen molar-refractivity contribution >= 4 is 17.4 Å². The number of nitrogens with zero attached hydrogens (tertiary/aromatic N) is 3. The first-order valence-electron chi connectivity index (χ1n) is 5.87. The number of halogens is 1. The smallest absolute Gasteiger partial charge is 0.134 e. The van der Waals surface area contributed by atoms with E-state index in [9.17, 15) is 0 Å². The molecule has 1 aromatic rings. The molecule has 0 N–H and O–H groups in total. The lowest BCUT2D eigenvalue weighted by Crippen LogP contribution is -2.34. The van der Waals surface area contributed by atoms with Crippen molar-refractivity contribution in [3.63, 3.8) is 0 Å². The highest BCUT2D eigenvalue weighted by Gasteiger charge is 2.13. The Morgan fingerprint density at radius 2 is 2.12 bits per heavy atom. The van der Waals surface area contributed by atoms with Gasteiger partial charge in [-0.15, -0.1) is 0 Å². The number of hydrogen-bond acceptors (Lipinski definition) is 4. The molecule has 0 atom stereocenters. The van der Waals surface area contributed by atoms with E-state index in [4.69, 9.17) is 16.3 Å². The molecular weight excluding hydrogens is 238 g/mol. The molecule has 0 aliphatic heterocycles. The van der Waals surface area contributed by atoms with Gasteiger partial charge in [-0.3, -0.25) is 0 Å². The van der Waals surface area contributed by atoms with Gasteiger partial charge in [0.25, 0.3) is 0 Å². The second kappa shape index (κ2) is 6.77. The highest BCUT2D eigenvalue weighted by atomic mass is 35.5. The maximum atomic E-state index is 6.00. The van der Waals surface area contributed by atoms with Crippen molar-refractivity contribution in [2.75, 3.05) is 25.2 Å². The average molecular weight is 258 g/mol. The van der Waals surface area contributed by atoms with Crippen LogP contribution in [0.4, 0.5) is 5.82 Å². The number of ether oxygens (including phenoxy) is 1. The zero-order chi connectivity index (χ0) is 12.8. The summed E-state index contributed by atoms with van der Waals surface area (Å²) in [5, 5.41) is 0.495. The maximum Gasteiger partial charge on any atom is 0.134 e. The van der Waals surface area contributed by atoms with Crippen molar-refractivity contribution in [1.82, 2.24) is 9.97 Å². The molecule has 0 fully saturated rings. The molecule has 0 saturated carbocycles. The van der Waals surface area contributed by atoms with Crippen LogP contribution in [0.1, 0.15) is 26.6 Å². The molecule has 1 aromatic heterocycles. The molecule has 0 amide bonds. The fourth-order valence-electron chi connectivity index (χ4n) is 1.58. The Morgan fingerprint density at radius 1 is 1.41 bits per heavy atom. The molecule has 96 valence electrons. The molecule has 1 heterocycles. The Bertz CT molecular complexity index is 358. The van der Waals surface area contributed by atoms with Gasteiger partial charge in [-0.25, -0.2) is 9.97 Å². The summed E-state index contributed by atoms with van der Waals surface area (Å²) in [6.45, 7) is 7.73. The van der Waals surface area contributed by atoms with Crippen molar-refractivity contribution < 1.29 is 4.74 Å². The lowest BCUT2D eigenvalue weighted by atomic mass is 10.3. The summed E-state index contributed by atoms with van der Waals surface area (Å²) in [6, 6.07) is 2.15. The summed E-state index contributed by atoms with van der Waals surface area (Å²) in [7, 11) is 1.70. The van der Waals surface area contributed by atoms with E-state index in [1.807, 2.05) is 6.92 Å². The van der Waals surface area contributed by atoms with E-state index in [1.165, 1.54) is 0 Å². The zero-order valence-electron chi connectivity index (χ0n) is 10.9. The molecule has 0 aromatic carbocycles. The van der Waals surface area contributed by atoms with Crippen LogP contribution in [0.5, 0.6) is 0 Å². The Labute approximate surface area is 108 Å². The Kier molecular flexibility index (Phi) is 5.65. The Balaban J connectivity index is 2.96. The lowest BCUT2D eigenvalue weighted by molar-refractivity contribution is 0.203. The number of anilines is 1. The highest BCUT2D eigenvalue weighted by molar-refractivity contribution is 6.29. The summed E-state index contributed by atoms with van der Waals surface area (Å²) >= 11 is 6.00. The number of aromatic nitrogens is 2. The van der Waals surface area contributed by atoms with Crippen molar-refractivity contribution in [1.29, 1.82) is 0 Å². The van der Waals surface area contributed by atoms with E-state index in [2.05, 4.69) is 28.7 Å². The van der Waals surface area contributed by atoms with E-state index in [-0.39, 0.29) is 0 Å². The third kappa shape index (κ3) is 4.13. The SMILES string of the molecule is CCc1nc(Cl)cc(N(CCOC)C(C)C)n1. The van der Waals surface area contributed by atoms with Gasteiger partial charge in [0, 0.05) is 32.2 Å². The number of rotatable bonds is 6. The van der Waals surface area contributed by atoms with E-state index in [1.54, 1.807) is 13.2 Å².